The minimum absolute atomic E-state index is 0.265. The molecular weight excluding hydrogens is 288 g/mol. The molecular formula is C15H24N2O3S. The molecule has 1 atom stereocenters. The van der Waals surface area contributed by atoms with Gasteiger partial charge in [-0.15, -0.1) is 11.3 Å². The Morgan fingerprint density at radius 1 is 1.52 bits per heavy atom. The van der Waals surface area contributed by atoms with Crippen LogP contribution in [0.2, 0.25) is 0 Å². The highest BCUT2D eigenvalue weighted by Gasteiger charge is 2.38. The van der Waals surface area contributed by atoms with E-state index in [1.54, 1.807) is 16.2 Å². The fourth-order valence-electron chi connectivity index (χ4n) is 2.26. The Bertz CT molecular complexity index is 509. The number of hydrogen-bond donors (Lipinski definition) is 0. The Balaban J connectivity index is 1.86. The monoisotopic (exact) mass is 312 g/mol. The van der Waals surface area contributed by atoms with Gasteiger partial charge in [0.15, 0.2) is 0 Å². The number of aryl methyl sites for hydroxylation is 1. The second-order valence-electron chi connectivity index (χ2n) is 6.75. The van der Waals surface area contributed by atoms with Gasteiger partial charge >= 0.3 is 6.09 Å². The molecule has 2 rings (SSSR count). The summed E-state index contributed by atoms with van der Waals surface area (Å²) in [5.74, 6) is 0. The smallest absolute Gasteiger partial charge is 0.410 e. The van der Waals surface area contributed by atoms with Crippen molar-refractivity contribution >= 4 is 17.4 Å². The quantitative estimate of drug-likeness (QED) is 0.858. The lowest BCUT2D eigenvalue weighted by Crippen LogP contribution is -2.39. The van der Waals surface area contributed by atoms with Crippen molar-refractivity contribution in [3.63, 3.8) is 0 Å². The summed E-state index contributed by atoms with van der Waals surface area (Å²) in [5.41, 5.74) is 0.165. The highest BCUT2D eigenvalue weighted by molar-refractivity contribution is 7.09. The highest BCUT2D eigenvalue weighted by Crippen LogP contribution is 2.27. The molecule has 1 aliphatic rings. The van der Waals surface area contributed by atoms with Crippen LogP contribution in [0.3, 0.4) is 0 Å². The molecule has 118 valence electrons. The fourth-order valence-corrected chi connectivity index (χ4v) is 2.85. The lowest BCUT2D eigenvalue weighted by molar-refractivity contribution is -0.0385. The molecule has 0 aliphatic carbocycles. The number of ether oxygens (including phenoxy) is 2. The maximum atomic E-state index is 12.1. The minimum Gasteiger partial charge on any atom is -0.444 e. The number of carbonyl (C=O) groups is 1. The van der Waals surface area contributed by atoms with Gasteiger partial charge in [-0.25, -0.2) is 9.78 Å². The van der Waals surface area contributed by atoms with Crippen molar-refractivity contribution in [1.29, 1.82) is 0 Å². The van der Waals surface area contributed by atoms with Gasteiger partial charge in [0.2, 0.25) is 0 Å². The molecule has 6 heteroatoms. The molecule has 0 spiro atoms. The van der Waals surface area contributed by atoms with Crippen molar-refractivity contribution in [3.8, 4) is 0 Å². The third kappa shape index (κ3) is 4.68. The van der Waals surface area contributed by atoms with Crippen LogP contribution in [-0.4, -0.2) is 40.3 Å². The lowest BCUT2D eigenvalue weighted by Gasteiger charge is -2.27. The van der Waals surface area contributed by atoms with Crippen molar-refractivity contribution in [2.24, 2.45) is 0 Å². The maximum absolute atomic E-state index is 12.1. The molecule has 5 nitrogen and oxygen atoms in total. The highest BCUT2D eigenvalue weighted by atomic mass is 32.1. The van der Waals surface area contributed by atoms with Crippen LogP contribution in [0.1, 0.15) is 44.8 Å². The predicted octanol–water partition coefficient (Wildman–Crippen LogP) is 3.37. The third-order valence-corrected chi connectivity index (χ3v) is 4.14. The molecule has 1 unspecified atom stereocenters. The van der Waals surface area contributed by atoms with Gasteiger partial charge in [-0.3, -0.25) is 0 Å². The van der Waals surface area contributed by atoms with E-state index >= 15 is 0 Å². The van der Waals surface area contributed by atoms with Gasteiger partial charge in [-0.2, -0.15) is 0 Å². The summed E-state index contributed by atoms with van der Waals surface area (Å²) >= 11 is 1.62. The van der Waals surface area contributed by atoms with Gasteiger partial charge in [0.05, 0.1) is 29.5 Å². The Morgan fingerprint density at radius 3 is 2.81 bits per heavy atom. The number of hydrogen-bond acceptors (Lipinski definition) is 5. The predicted molar refractivity (Wildman–Crippen MR) is 82.5 cm³/mol. The van der Waals surface area contributed by atoms with Gasteiger partial charge in [0.25, 0.3) is 0 Å². The summed E-state index contributed by atoms with van der Waals surface area (Å²) in [6.45, 7) is 11.4. The molecule has 0 radical (unpaired) electrons. The van der Waals surface area contributed by atoms with Gasteiger partial charge in [-0.1, -0.05) is 0 Å². The fraction of sp³-hybridized carbons (Fsp3) is 0.733. The third-order valence-electron chi connectivity index (χ3n) is 3.32. The Morgan fingerprint density at radius 2 is 2.24 bits per heavy atom. The van der Waals surface area contributed by atoms with E-state index < -0.39 is 5.60 Å². The van der Waals surface area contributed by atoms with Gasteiger partial charge < -0.3 is 14.4 Å². The second kappa shape index (κ2) is 5.93. The number of nitrogens with zero attached hydrogens (tertiary/aromatic N) is 2. The van der Waals surface area contributed by atoms with Crippen LogP contribution in [0.25, 0.3) is 0 Å². The van der Waals surface area contributed by atoms with Crippen LogP contribution >= 0.6 is 11.3 Å². The van der Waals surface area contributed by atoms with E-state index in [1.165, 1.54) is 0 Å². The van der Waals surface area contributed by atoms with E-state index in [9.17, 15) is 4.79 Å². The summed E-state index contributed by atoms with van der Waals surface area (Å²) in [7, 11) is 0. The van der Waals surface area contributed by atoms with Crippen LogP contribution in [0, 0.1) is 6.92 Å². The summed E-state index contributed by atoms with van der Waals surface area (Å²) < 4.78 is 11.4. The molecule has 0 N–H and O–H groups in total. The van der Waals surface area contributed by atoms with E-state index in [2.05, 4.69) is 4.98 Å². The summed E-state index contributed by atoms with van der Waals surface area (Å²) in [4.78, 5) is 18.2. The maximum Gasteiger partial charge on any atom is 0.410 e. The molecule has 1 aromatic rings. The summed E-state index contributed by atoms with van der Waals surface area (Å²) in [6, 6.07) is 0. The van der Waals surface area contributed by atoms with E-state index in [4.69, 9.17) is 9.47 Å². The number of rotatable bonds is 3. The van der Waals surface area contributed by atoms with E-state index in [-0.39, 0.29) is 11.7 Å². The molecule has 0 bridgehead atoms. The van der Waals surface area contributed by atoms with Gasteiger partial charge in [0.1, 0.15) is 5.60 Å². The van der Waals surface area contributed by atoms with Crippen LogP contribution in [0.5, 0.6) is 0 Å². The molecule has 1 fully saturated rings. The average Bonchev–Trinajstić information content (AvgIpc) is 2.92. The lowest BCUT2D eigenvalue weighted by atomic mass is 10.1. The van der Waals surface area contributed by atoms with E-state index in [1.807, 2.05) is 40.0 Å². The molecule has 0 aromatic carbocycles. The molecule has 1 saturated heterocycles. The number of thiazole rings is 1. The van der Waals surface area contributed by atoms with Crippen molar-refractivity contribution in [1.82, 2.24) is 9.88 Å². The van der Waals surface area contributed by atoms with Gasteiger partial charge in [0, 0.05) is 11.9 Å². The average molecular weight is 312 g/mol. The Hall–Kier alpha value is -1.14. The zero-order chi connectivity index (χ0) is 15.7. The van der Waals surface area contributed by atoms with Gasteiger partial charge in [-0.05, 0) is 41.0 Å². The van der Waals surface area contributed by atoms with Crippen LogP contribution < -0.4 is 0 Å². The molecule has 1 aromatic heterocycles. The van der Waals surface area contributed by atoms with E-state index in [0.717, 1.165) is 17.1 Å². The topological polar surface area (TPSA) is 51.7 Å². The van der Waals surface area contributed by atoms with Crippen molar-refractivity contribution in [2.45, 2.75) is 58.8 Å². The SMILES string of the molecule is Cc1nc(COC2(C)CCN(C(=O)OC(C)(C)C)C2)cs1. The minimum atomic E-state index is -0.463. The number of carbonyl (C=O) groups excluding carboxylic acids is 1. The second-order valence-corrected chi connectivity index (χ2v) is 7.81. The van der Waals surface area contributed by atoms with Crippen molar-refractivity contribution in [3.05, 3.63) is 16.1 Å². The molecule has 1 amide bonds. The standard InChI is InChI=1S/C15H24N2O3S/c1-11-16-12(9-21-11)8-19-15(5)6-7-17(10-15)13(18)20-14(2,3)4/h9H,6-8,10H2,1-5H3. The summed E-state index contributed by atoms with van der Waals surface area (Å²) in [6.07, 6.45) is 0.550. The first-order chi connectivity index (χ1) is 9.67. The molecule has 2 heterocycles. The van der Waals surface area contributed by atoms with Crippen molar-refractivity contribution in [2.75, 3.05) is 13.1 Å². The first kappa shape index (κ1) is 16.2. The first-order valence-corrected chi connectivity index (χ1v) is 8.08. The molecule has 0 saturated carbocycles. The first-order valence-electron chi connectivity index (χ1n) is 7.20. The zero-order valence-corrected chi connectivity index (χ0v) is 14.2. The molecule has 21 heavy (non-hydrogen) atoms. The van der Waals surface area contributed by atoms with Crippen LogP contribution in [-0.2, 0) is 16.1 Å². The zero-order valence-electron chi connectivity index (χ0n) is 13.4. The normalized spacial score (nSPS) is 22.6. The number of likely N-dealkylation sites (tertiary alicyclic amines) is 1. The van der Waals surface area contributed by atoms with E-state index in [0.29, 0.717) is 19.7 Å². The number of aromatic nitrogens is 1. The molecule has 1 aliphatic heterocycles. The van der Waals surface area contributed by atoms with Crippen LogP contribution in [0.15, 0.2) is 5.38 Å². The summed E-state index contributed by atoms with van der Waals surface area (Å²) in [5, 5.41) is 3.06. The van der Waals surface area contributed by atoms with Crippen molar-refractivity contribution < 1.29 is 14.3 Å². The Kier molecular flexibility index (Phi) is 4.58. The van der Waals surface area contributed by atoms with Crippen LogP contribution in [0.4, 0.5) is 4.79 Å². The number of amides is 1. The Labute approximate surface area is 130 Å². The largest absolute Gasteiger partial charge is 0.444 e.